The van der Waals surface area contributed by atoms with Crippen LogP contribution in [0, 0.1) is 0 Å². The average Bonchev–Trinajstić information content (AvgIpc) is 2.69. The summed E-state index contributed by atoms with van der Waals surface area (Å²) in [4.78, 5) is 4.43. The molecule has 0 saturated heterocycles. The predicted molar refractivity (Wildman–Crippen MR) is 73.4 cm³/mol. The van der Waals surface area contributed by atoms with Gasteiger partial charge in [0.15, 0.2) is 5.16 Å². The van der Waals surface area contributed by atoms with E-state index in [1.54, 1.807) is 0 Å². The summed E-state index contributed by atoms with van der Waals surface area (Å²) in [5.74, 6) is 0. The number of aromatic nitrogens is 2. The molecule has 3 nitrogen and oxygen atoms in total. The number of hydrogen-bond acceptors (Lipinski definition) is 3. The maximum Gasteiger partial charge on any atom is 0.167 e. The standard InChI is InChI=1S/C13H23N3S/c1-14-11-7-5-3-4-6-8-12(11)17-13-15-9-10-16(13)2/h9-12,14H,3-8H2,1-2H3. The Morgan fingerprint density at radius 1 is 1.29 bits per heavy atom. The van der Waals surface area contributed by atoms with Crippen LogP contribution in [0.2, 0.25) is 0 Å². The first kappa shape index (κ1) is 13.0. The van der Waals surface area contributed by atoms with Crippen molar-refractivity contribution in [3.05, 3.63) is 12.4 Å². The quantitative estimate of drug-likeness (QED) is 0.898. The van der Waals surface area contributed by atoms with Crippen molar-refractivity contribution >= 4 is 11.8 Å². The molecule has 0 radical (unpaired) electrons. The van der Waals surface area contributed by atoms with Crippen molar-refractivity contribution in [2.24, 2.45) is 7.05 Å². The van der Waals surface area contributed by atoms with Crippen molar-refractivity contribution in [3.63, 3.8) is 0 Å². The van der Waals surface area contributed by atoms with E-state index in [0.29, 0.717) is 11.3 Å². The molecule has 4 heteroatoms. The van der Waals surface area contributed by atoms with Gasteiger partial charge in [0.25, 0.3) is 0 Å². The summed E-state index contributed by atoms with van der Waals surface area (Å²) in [5.41, 5.74) is 0. The lowest BCUT2D eigenvalue weighted by Gasteiger charge is -2.28. The zero-order valence-corrected chi connectivity index (χ0v) is 11.7. The van der Waals surface area contributed by atoms with Gasteiger partial charge in [-0.15, -0.1) is 0 Å². The van der Waals surface area contributed by atoms with Crippen molar-refractivity contribution in [3.8, 4) is 0 Å². The molecule has 1 N–H and O–H groups in total. The zero-order valence-electron chi connectivity index (χ0n) is 10.9. The van der Waals surface area contributed by atoms with Crippen LogP contribution in [0.5, 0.6) is 0 Å². The largest absolute Gasteiger partial charge is 0.329 e. The number of nitrogens with zero attached hydrogens (tertiary/aromatic N) is 2. The second kappa shape index (κ2) is 6.45. The first-order valence-corrected chi connectivity index (χ1v) is 7.50. The fourth-order valence-corrected chi connectivity index (χ4v) is 3.86. The average molecular weight is 253 g/mol. The van der Waals surface area contributed by atoms with E-state index in [1.165, 1.54) is 38.5 Å². The second-order valence-electron chi connectivity index (χ2n) is 4.86. The highest BCUT2D eigenvalue weighted by Crippen LogP contribution is 2.31. The summed E-state index contributed by atoms with van der Waals surface area (Å²) in [7, 11) is 4.17. The highest BCUT2D eigenvalue weighted by molar-refractivity contribution is 7.99. The molecular weight excluding hydrogens is 230 g/mol. The Hall–Kier alpha value is -0.480. The summed E-state index contributed by atoms with van der Waals surface area (Å²) in [6, 6.07) is 0.636. The SMILES string of the molecule is CNC1CCCCCCC1Sc1nccn1C. The van der Waals surface area contributed by atoms with Crippen molar-refractivity contribution in [1.29, 1.82) is 0 Å². The van der Waals surface area contributed by atoms with E-state index in [2.05, 4.69) is 29.0 Å². The zero-order chi connectivity index (χ0) is 12.1. The molecule has 1 aromatic rings. The summed E-state index contributed by atoms with van der Waals surface area (Å²) in [6.45, 7) is 0. The predicted octanol–water partition coefficient (Wildman–Crippen LogP) is 2.82. The third-order valence-corrected chi connectivity index (χ3v) is 5.08. The smallest absolute Gasteiger partial charge is 0.167 e. The normalized spacial score (nSPS) is 26.5. The van der Waals surface area contributed by atoms with Crippen molar-refractivity contribution < 1.29 is 0 Å². The minimum atomic E-state index is 0.636. The lowest BCUT2D eigenvalue weighted by Crippen LogP contribution is -2.36. The summed E-state index contributed by atoms with van der Waals surface area (Å²) in [5, 5.41) is 5.31. The Labute approximate surface area is 108 Å². The van der Waals surface area contributed by atoms with E-state index < -0.39 is 0 Å². The molecule has 17 heavy (non-hydrogen) atoms. The molecule has 0 aromatic carbocycles. The van der Waals surface area contributed by atoms with Gasteiger partial charge in [-0.2, -0.15) is 0 Å². The third kappa shape index (κ3) is 3.49. The molecule has 1 aliphatic rings. The van der Waals surface area contributed by atoms with E-state index in [-0.39, 0.29) is 0 Å². The Balaban J connectivity index is 2.01. The number of rotatable bonds is 3. The third-order valence-electron chi connectivity index (χ3n) is 3.61. The number of nitrogens with one attached hydrogen (secondary N) is 1. The maximum atomic E-state index is 4.43. The van der Waals surface area contributed by atoms with E-state index in [1.807, 2.05) is 24.2 Å². The van der Waals surface area contributed by atoms with Gasteiger partial charge in [0.05, 0.1) is 0 Å². The van der Waals surface area contributed by atoms with Crippen LogP contribution < -0.4 is 5.32 Å². The van der Waals surface area contributed by atoms with E-state index >= 15 is 0 Å². The summed E-state index contributed by atoms with van der Waals surface area (Å²) in [6.07, 6.45) is 12.1. The minimum absolute atomic E-state index is 0.636. The van der Waals surface area contributed by atoms with Crippen LogP contribution >= 0.6 is 11.8 Å². The Morgan fingerprint density at radius 3 is 2.71 bits per heavy atom. The van der Waals surface area contributed by atoms with Gasteiger partial charge in [-0.3, -0.25) is 0 Å². The van der Waals surface area contributed by atoms with Gasteiger partial charge >= 0.3 is 0 Å². The van der Waals surface area contributed by atoms with Crippen LogP contribution in [0.4, 0.5) is 0 Å². The lowest BCUT2D eigenvalue weighted by molar-refractivity contribution is 0.419. The number of aryl methyl sites for hydroxylation is 1. The van der Waals surface area contributed by atoms with Crippen LogP contribution in [-0.4, -0.2) is 27.9 Å². The molecule has 1 heterocycles. The molecule has 0 bridgehead atoms. The molecule has 96 valence electrons. The minimum Gasteiger partial charge on any atom is -0.329 e. The Bertz CT molecular complexity index is 337. The molecule has 1 fully saturated rings. The van der Waals surface area contributed by atoms with Gasteiger partial charge in [0, 0.05) is 30.7 Å². The van der Waals surface area contributed by atoms with Crippen molar-refractivity contribution in [2.75, 3.05) is 7.05 Å². The summed E-state index contributed by atoms with van der Waals surface area (Å²) >= 11 is 1.94. The number of imidazole rings is 1. The molecule has 1 aliphatic carbocycles. The monoisotopic (exact) mass is 253 g/mol. The van der Waals surface area contributed by atoms with E-state index in [0.717, 1.165) is 5.16 Å². The topological polar surface area (TPSA) is 29.9 Å². The second-order valence-corrected chi connectivity index (χ2v) is 6.07. The van der Waals surface area contributed by atoms with Crippen LogP contribution in [-0.2, 0) is 7.05 Å². The van der Waals surface area contributed by atoms with Crippen molar-refractivity contribution in [1.82, 2.24) is 14.9 Å². The van der Waals surface area contributed by atoms with Crippen molar-refractivity contribution in [2.45, 2.75) is 55.0 Å². The van der Waals surface area contributed by atoms with Gasteiger partial charge < -0.3 is 9.88 Å². The van der Waals surface area contributed by atoms with Crippen LogP contribution in [0.25, 0.3) is 0 Å². The molecule has 0 aliphatic heterocycles. The Morgan fingerprint density at radius 2 is 2.06 bits per heavy atom. The fourth-order valence-electron chi connectivity index (χ4n) is 2.52. The first-order valence-electron chi connectivity index (χ1n) is 6.62. The van der Waals surface area contributed by atoms with Crippen LogP contribution in [0.1, 0.15) is 38.5 Å². The lowest BCUT2D eigenvalue weighted by atomic mass is 9.96. The first-order chi connectivity index (χ1) is 8.31. The van der Waals surface area contributed by atoms with Gasteiger partial charge in [0.1, 0.15) is 0 Å². The molecule has 0 spiro atoms. The Kier molecular flexibility index (Phi) is 4.92. The summed E-state index contributed by atoms with van der Waals surface area (Å²) < 4.78 is 2.12. The van der Waals surface area contributed by atoms with Gasteiger partial charge in [-0.1, -0.05) is 37.4 Å². The molecule has 1 aromatic heterocycles. The van der Waals surface area contributed by atoms with E-state index in [4.69, 9.17) is 0 Å². The maximum absolute atomic E-state index is 4.43. The molecular formula is C13H23N3S. The van der Waals surface area contributed by atoms with Gasteiger partial charge in [-0.05, 0) is 19.9 Å². The van der Waals surface area contributed by atoms with Gasteiger partial charge in [-0.25, -0.2) is 4.98 Å². The van der Waals surface area contributed by atoms with Gasteiger partial charge in [0.2, 0.25) is 0 Å². The fraction of sp³-hybridized carbons (Fsp3) is 0.769. The highest BCUT2D eigenvalue weighted by Gasteiger charge is 2.23. The number of thioether (sulfide) groups is 1. The number of hydrogen-bond donors (Lipinski definition) is 1. The van der Waals surface area contributed by atoms with E-state index in [9.17, 15) is 0 Å². The molecule has 2 unspecified atom stereocenters. The molecule has 2 atom stereocenters. The molecule has 2 rings (SSSR count). The van der Waals surface area contributed by atoms with Crippen LogP contribution in [0.15, 0.2) is 17.6 Å². The molecule has 0 amide bonds. The molecule has 1 saturated carbocycles. The van der Waals surface area contributed by atoms with Crippen LogP contribution in [0.3, 0.4) is 0 Å². The highest BCUT2D eigenvalue weighted by atomic mass is 32.2.